The summed E-state index contributed by atoms with van der Waals surface area (Å²) in [6.07, 6.45) is 4.11. The van der Waals surface area contributed by atoms with E-state index in [2.05, 4.69) is 44.8 Å². The molecule has 0 unspecified atom stereocenters. The summed E-state index contributed by atoms with van der Waals surface area (Å²) in [7, 11) is 0. The molecule has 2 aromatic rings. The number of ketones is 1. The predicted octanol–water partition coefficient (Wildman–Crippen LogP) is 4.79. The first-order valence-corrected chi connectivity index (χ1v) is 7.67. The lowest BCUT2D eigenvalue weighted by Crippen LogP contribution is -2.33. The van der Waals surface area contributed by atoms with Gasteiger partial charge in [0.2, 0.25) is 0 Å². The monoisotopic (exact) mass is 281 g/mol. The second-order valence-electron chi connectivity index (χ2n) is 7.60. The molecule has 3 rings (SSSR count). The maximum absolute atomic E-state index is 11.9. The van der Waals surface area contributed by atoms with Gasteiger partial charge >= 0.3 is 0 Å². The fourth-order valence-electron chi connectivity index (χ4n) is 3.52. The molecule has 1 aromatic carbocycles. The summed E-state index contributed by atoms with van der Waals surface area (Å²) >= 11 is 0. The van der Waals surface area contributed by atoms with Crippen LogP contribution in [-0.4, -0.2) is 10.8 Å². The molecule has 2 nitrogen and oxygen atoms in total. The number of hydrogen-bond acceptors (Lipinski definition) is 2. The Morgan fingerprint density at radius 3 is 2.19 bits per heavy atom. The number of aromatic nitrogens is 1. The first kappa shape index (κ1) is 14.2. The highest BCUT2D eigenvalue weighted by atomic mass is 16.1. The van der Waals surface area contributed by atoms with Crippen molar-refractivity contribution in [3.63, 3.8) is 0 Å². The molecule has 0 atom stereocenters. The van der Waals surface area contributed by atoms with Gasteiger partial charge < -0.3 is 0 Å². The number of nitrogens with zero attached hydrogens (tertiary/aromatic N) is 1. The smallest absolute Gasteiger partial charge is 0.178 e. The average molecular weight is 281 g/mol. The summed E-state index contributed by atoms with van der Waals surface area (Å²) in [5.41, 5.74) is 3.74. The van der Waals surface area contributed by atoms with E-state index in [4.69, 9.17) is 0 Å². The minimum atomic E-state index is 0.0356. The number of Topliss-reactive ketones (excluding diaryl/α,β-unsaturated/α-hetero) is 1. The van der Waals surface area contributed by atoms with E-state index in [-0.39, 0.29) is 16.6 Å². The number of pyridine rings is 1. The summed E-state index contributed by atoms with van der Waals surface area (Å²) in [6, 6.07) is 6.51. The molecule has 1 aliphatic carbocycles. The van der Waals surface area contributed by atoms with Crippen LogP contribution in [0.25, 0.3) is 10.8 Å². The summed E-state index contributed by atoms with van der Waals surface area (Å²) in [5.74, 6) is 0.0356. The fourth-order valence-corrected chi connectivity index (χ4v) is 3.52. The van der Waals surface area contributed by atoms with Gasteiger partial charge in [-0.05, 0) is 52.3 Å². The van der Waals surface area contributed by atoms with Gasteiger partial charge in [0.25, 0.3) is 0 Å². The number of rotatable bonds is 1. The SMILES string of the molecule is CC(=O)c1nccc2cc3c(cc12)C(C)(C)CCC3(C)C. The van der Waals surface area contributed by atoms with E-state index in [0.717, 1.165) is 10.8 Å². The number of carbonyl (C=O) groups excluding carboxylic acids is 1. The maximum atomic E-state index is 11.9. The minimum absolute atomic E-state index is 0.0356. The molecule has 0 N–H and O–H groups in total. The van der Waals surface area contributed by atoms with Gasteiger partial charge in [0.15, 0.2) is 5.78 Å². The number of hydrogen-bond donors (Lipinski definition) is 0. The van der Waals surface area contributed by atoms with Crippen molar-refractivity contribution in [1.82, 2.24) is 4.98 Å². The zero-order valence-electron chi connectivity index (χ0n) is 13.6. The van der Waals surface area contributed by atoms with Crippen LogP contribution in [0.1, 0.15) is 69.1 Å². The molecular formula is C19H23NO. The Labute approximate surface area is 126 Å². The van der Waals surface area contributed by atoms with Crippen LogP contribution in [0.4, 0.5) is 0 Å². The second-order valence-corrected chi connectivity index (χ2v) is 7.60. The Balaban J connectivity index is 2.39. The van der Waals surface area contributed by atoms with Crippen molar-refractivity contribution in [3.8, 4) is 0 Å². The third-order valence-electron chi connectivity index (χ3n) is 5.07. The van der Waals surface area contributed by atoms with Gasteiger partial charge in [-0.2, -0.15) is 0 Å². The van der Waals surface area contributed by atoms with Crippen molar-refractivity contribution in [2.24, 2.45) is 0 Å². The van der Waals surface area contributed by atoms with Gasteiger partial charge in [0.05, 0.1) is 0 Å². The quantitative estimate of drug-likeness (QED) is 0.704. The van der Waals surface area contributed by atoms with Gasteiger partial charge in [-0.1, -0.05) is 33.8 Å². The summed E-state index contributed by atoms with van der Waals surface area (Å²) in [6.45, 7) is 10.8. The molecule has 0 amide bonds. The Hall–Kier alpha value is -1.70. The van der Waals surface area contributed by atoms with Crippen LogP contribution in [0.15, 0.2) is 24.4 Å². The molecule has 0 bridgehead atoms. The summed E-state index contributed by atoms with van der Waals surface area (Å²) < 4.78 is 0. The van der Waals surface area contributed by atoms with Gasteiger partial charge in [0, 0.05) is 18.5 Å². The van der Waals surface area contributed by atoms with Crippen LogP contribution in [0.3, 0.4) is 0 Å². The second kappa shape index (κ2) is 4.40. The van der Waals surface area contributed by atoms with Crippen LogP contribution in [0.5, 0.6) is 0 Å². The molecule has 2 heteroatoms. The molecular weight excluding hydrogens is 258 g/mol. The van der Waals surface area contributed by atoms with E-state index in [1.165, 1.54) is 24.0 Å². The van der Waals surface area contributed by atoms with Crippen molar-refractivity contribution in [2.75, 3.05) is 0 Å². The summed E-state index contributed by atoms with van der Waals surface area (Å²) in [5, 5.41) is 2.12. The van der Waals surface area contributed by atoms with Crippen LogP contribution < -0.4 is 0 Å². The molecule has 0 spiro atoms. The highest BCUT2D eigenvalue weighted by Crippen LogP contribution is 2.47. The zero-order chi connectivity index (χ0) is 15.4. The average Bonchev–Trinajstić information content (AvgIpc) is 2.42. The Morgan fingerprint density at radius 2 is 1.62 bits per heavy atom. The number of carbonyl (C=O) groups is 1. The first-order valence-electron chi connectivity index (χ1n) is 7.67. The van der Waals surface area contributed by atoms with Crippen molar-refractivity contribution in [3.05, 3.63) is 41.2 Å². The lowest BCUT2D eigenvalue weighted by Gasteiger charge is -2.42. The van der Waals surface area contributed by atoms with Crippen LogP contribution in [0, 0.1) is 0 Å². The van der Waals surface area contributed by atoms with E-state index in [0.29, 0.717) is 5.69 Å². The fraction of sp³-hybridized carbons (Fsp3) is 0.474. The third-order valence-corrected chi connectivity index (χ3v) is 5.07. The van der Waals surface area contributed by atoms with Crippen LogP contribution in [0.2, 0.25) is 0 Å². The van der Waals surface area contributed by atoms with Crippen LogP contribution in [-0.2, 0) is 10.8 Å². The van der Waals surface area contributed by atoms with Crippen molar-refractivity contribution >= 4 is 16.6 Å². The Kier molecular flexibility index (Phi) is 2.98. The van der Waals surface area contributed by atoms with Crippen molar-refractivity contribution in [2.45, 2.75) is 58.3 Å². The molecule has 1 aromatic heterocycles. The Morgan fingerprint density at radius 1 is 1.05 bits per heavy atom. The standard InChI is InChI=1S/C19H23NO/c1-12(21)17-14-11-16-15(10-13(14)6-9-20-17)18(2,3)7-8-19(16,4)5/h6,9-11H,7-8H2,1-5H3. The number of benzene rings is 1. The molecule has 0 saturated heterocycles. The van der Waals surface area contributed by atoms with Crippen LogP contribution >= 0.6 is 0 Å². The first-order chi connectivity index (χ1) is 9.72. The molecule has 0 radical (unpaired) electrons. The number of fused-ring (bicyclic) bond motifs is 2. The minimum Gasteiger partial charge on any atom is -0.293 e. The lowest BCUT2D eigenvalue weighted by molar-refractivity contribution is 0.101. The molecule has 0 saturated carbocycles. The normalized spacial score (nSPS) is 19.3. The lowest BCUT2D eigenvalue weighted by atomic mass is 9.63. The largest absolute Gasteiger partial charge is 0.293 e. The van der Waals surface area contributed by atoms with E-state index in [1.807, 2.05) is 6.07 Å². The van der Waals surface area contributed by atoms with E-state index in [9.17, 15) is 4.79 Å². The predicted molar refractivity (Wildman–Crippen MR) is 87.0 cm³/mol. The Bertz CT molecular complexity index is 741. The molecule has 0 aliphatic heterocycles. The van der Waals surface area contributed by atoms with Gasteiger partial charge in [-0.25, -0.2) is 0 Å². The molecule has 1 heterocycles. The molecule has 21 heavy (non-hydrogen) atoms. The van der Waals surface area contributed by atoms with E-state index < -0.39 is 0 Å². The summed E-state index contributed by atoms with van der Waals surface area (Å²) in [4.78, 5) is 16.1. The molecule has 110 valence electrons. The highest BCUT2D eigenvalue weighted by Gasteiger charge is 2.37. The molecule has 1 aliphatic rings. The van der Waals surface area contributed by atoms with Gasteiger partial charge in [0.1, 0.15) is 5.69 Å². The van der Waals surface area contributed by atoms with Gasteiger partial charge in [-0.3, -0.25) is 9.78 Å². The topological polar surface area (TPSA) is 30.0 Å². The van der Waals surface area contributed by atoms with E-state index >= 15 is 0 Å². The molecule has 0 fully saturated rings. The highest BCUT2D eigenvalue weighted by molar-refractivity contribution is 6.05. The van der Waals surface area contributed by atoms with E-state index in [1.54, 1.807) is 13.1 Å². The van der Waals surface area contributed by atoms with Gasteiger partial charge in [-0.15, -0.1) is 0 Å². The third kappa shape index (κ3) is 2.17. The van der Waals surface area contributed by atoms with Crippen molar-refractivity contribution < 1.29 is 4.79 Å². The van der Waals surface area contributed by atoms with Crippen molar-refractivity contribution in [1.29, 1.82) is 0 Å². The zero-order valence-corrected chi connectivity index (χ0v) is 13.6. The maximum Gasteiger partial charge on any atom is 0.178 e.